The van der Waals surface area contributed by atoms with Gasteiger partial charge in [-0.25, -0.2) is 9.97 Å². The molecule has 1 aromatic heterocycles. The van der Waals surface area contributed by atoms with Crippen molar-refractivity contribution in [2.24, 2.45) is 0 Å². The minimum absolute atomic E-state index is 0.271. The van der Waals surface area contributed by atoms with E-state index in [0.29, 0.717) is 0 Å². The molecule has 0 aromatic carbocycles. The summed E-state index contributed by atoms with van der Waals surface area (Å²) < 4.78 is 35.3. The second-order valence-electron chi connectivity index (χ2n) is 2.16. The van der Waals surface area contributed by atoms with Gasteiger partial charge >= 0.3 is 6.18 Å². The molecule has 1 atom stereocenters. The maximum Gasteiger partial charge on any atom is 0.433 e. The maximum atomic E-state index is 11.8. The summed E-state index contributed by atoms with van der Waals surface area (Å²) in [7, 11) is 0. The van der Waals surface area contributed by atoms with E-state index in [9.17, 15) is 13.2 Å². The van der Waals surface area contributed by atoms with Crippen molar-refractivity contribution < 1.29 is 18.3 Å². The number of rotatable bonds is 2. The number of hydrogen-bond donors (Lipinski definition) is 2. The van der Waals surface area contributed by atoms with Gasteiger partial charge in [-0.2, -0.15) is 13.2 Å². The predicted octanol–water partition coefficient (Wildman–Crippen LogP) is 0.769. The zero-order valence-electron chi connectivity index (χ0n) is 6.28. The minimum atomic E-state index is -4.72. The summed E-state index contributed by atoms with van der Waals surface area (Å²) in [5, 5.41) is 10.2. The van der Waals surface area contributed by atoms with Gasteiger partial charge in [0.05, 0.1) is 0 Å². The molecule has 13 heavy (non-hydrogen) atoms. The fraction of sp³-hybridized carbons (Fsp3) is 0.333. The highest BCUT2D eigenvalue weighted by Crippen LogP contribution is 2.20. The molecule has 4 nitrogen and oxygen atoms in total. The molecule has 1 heterocycles. The number of aromatic nitrogens is 2. The number of nitrogens with one attached hydrogen (secondary N) is 1. The Hall–Kier alpha value is -1.37. The molecular weight excluding hydrogens is 187 g/mol. The molecule has 72 valence electrons. The smallest absolute Gasteiger partial charge is 0.366 e. The second-order valence-corrected chi connectivity index (χ2v) is 2.16. The van der Waals surface area contributed by atoms with Crippen molar-refractivity contribution in [2.75, 3.05) is 5.32 Å². The summed E-state index contributed by atoms with van der Waals surface area (Å²) in [4.78, 5) is 6.90. The van der Waals surface area contributed by atoms with Crippen molar-refractivity contribution in [2.45, 2.75) is 12.4 Å². The summed E-state index contributed by atoms with van der Waals surface area (Å²) in [6.45, 7) is 0. The van der Waals surface area contributed by atoms with Crippen LogP contribution in [-0.2, 0) is 0 Å². The second kappa shape index (κ2) is 3.56. The van der Waals surface area contributed by atoms with Gasteiger partial charge < -0.3 is 10.4 Å². The summed E-state index contributed by atoms with van der Waals surface area (Å²) in [6.07, 6.45) is -4.84. The summed E-state index contributed by atoms with van der Waals surface area (Å²) in [6, 6.07) is 1.45. The minimum Gasteiger partial charge on any atom is -0.366 e. The maximum absolute atomic E-state index is 11.8. The molecule has 0 bridgehead atoms. The fourth-order valence-electron chi connectivity index (χ4n) is 0.578. The lowest BCUT2D eigenvalue weighted by Crippen LogP contribution is -2.36. The highest BCUT2D eigenvalue weighted by Gasteiger charge is 2.38. The van der Waals surface area contributed by atoms with Crippen molar-refractivity contribution in [3.8, 4) is 0 Å². The van der Waals surface area contributed by atoms with Gasteiger partial charge in [0.15, 0.2) is 0 Å². The Morgan fingerprint density at radius 1 is 1.31 bits per heavy atom. The van der Waals surface area contributed by atoms with E-state index >= 15 is 0 Å². The van der Waals surface area contributed by atoms with Crippen LogP contribution in [0, 0.1) is 0 Å². The molecule has 0 aliphatic heterocycles. The van der Waals surface area contributed by atoms with Crippen LogP contribution in [-0.4, -0.2) is 27.5 Å². The van der Waals surface area contributed by atoms with Crippen LogP contribution in [0.2, 0.25) is 0 Å². The highest BCUT2D eigenvalue weighted by molar-refractivity contribution is 5.23. The lowest BCUT2D eigenvalue weighted by Gasteiger charge is -2.15. The van der Waals surface area contributed by atoms with Crippen molar-refractivity contribution in [1.82, 2.24) is 9.97 Å². The Labute approximate surface area is 71.4 Å². The van der Waals surface area contributed by atoms with Gasteiger partial charge in [-0.15, -0.1) is 0 Å². The van der Waals surface area contributed by atoms with Crippen molar-refractivity contribution in [3.05, 3.63) is 18.5 Å². The number of aliphatic hydroxyl groups is 1. The number of aliphatic hydroxyl groups excluding tert-OH is 1. The lowest BCUT2D eigenvalue weighted by molar-refractivity contribution is -0.194. The van der Waals surface area contributed by atoms with E-state index in [2.05, 4.69) is 9.97 Å². The van der Waals surface area contributed by atoms with Crippen LogP contribution >= 0.6 is 0 Å². The molecule has 2 N–H and O–H groups in total. The van der Waals surface area contributed by atoms with Gasteiger partial charge in [0.25, 0.3) is 0 Å². The van der Waals surface area contributed by atoms with Gasteiger partial charge in [0.1, 0.15) is 0 Å². The normalized spacial score (nSPS) is 13.8. The van der Waals surface area contributed by atoms with Gasteiger partial charge in [0, 0.05) is 12.4 Å². The summed E-state index contributed by atoms with van der Waals surface area (Å²) in [5.74, 6) is -0.271. The van der Waals surface area contributed by atoms with E-state index in [4.69, 9.17) is 5.11 Å². The summed E-state index contributed by atoms with van der Waals surface area (Å²) >= 11 is 0. The molecule has 0 aliphatic carbocycles. The first-order valence-corrected chi connectivity index (χ1v) is 3.28. The number of alkyl halides is 3. The average Bonchev–Trinajstić information content (AvgIpc) is 2.04. The predicted molar refractivity (Wildman–Crippen MR) is 37.7 cm³/mol. The van der Waals surface area contributed by atoms with Crippen LogP contribution in [0.4, 0.5) is 19.1 Å². The van der Waals surface area contributed by atoms with E-state index in [1.165, 1.54) is 18.5 Å². The van der Waals surface area contributed by atoms with E-state index < -0.39 is 12.4 Å². The molecule has 0 fully saturated rings. The van der Waals surface area contributed by atoms with Crippen molar-refractivity contribution in [3.63, 3.8) is 0 Å². The quantitative estimate of drug-likeness (QED) is 0.681. The van der Waals surface area contributed by atoms with Gasteiger partial charge in [-0.1, -0.05) is 0 Å². The number of anilines is 1. The number of nitrogens with zero attached hydrogens (tertiary/aromatic N) is 2. The topological polar surface area (TPSA) is 58.0 Å². The van der Waals surface area contributed by atoms with Crippen molar-refractivity contribution >= 4 is 5.95 Å². The van der Waals surface area contributed by atoms with Crippen LogP contribution in [0.25, 0.3) is 0 Å². The fourth-order valence-corrected chi connectivity index (χ4v) is 0.578. The van der Waals surface area contributed by atoms with Gasteiger partial charge in [-0.05, 0) is 6.07 Å². The third-order valence-electron chi connectivity index (χ3n) is 1.14. The first-order valence-electron chi connectivity index (χ1n) is 3.28. The monoisotopic (exact) mass is 193 g/mol. The standard InChI is InChI=1S/C6H6F3N3O/c7-6(8,9)4(13)12-5-10-2-1-3-11-5/h1-4,13H,(H,10,11,12). The molecule has 0 amide bonds. The van der Waals surface area contributed by atoms with Crippen LogP contribution in [0.3, 0.4) is 0 Å². The highest BCUT2D eigenvalue weighted by atomic mass is 19.4. The molecule has 7 heteroatoms. The van der Waals surface area contributed by atoms with E-state index in [1.807, 2.05) is 0 Å². The molecule has 1 unspecified atom stereocenters. The zero-order chi connectivity index (χ0) is 9.90. The molecule has 0 saturated heterocycles. The molecule has 1 aromatic rings. The van der Waals surface area contributed by atoms with E-state index in [1.54, 1.807) is 5.32 Å². The third kappa shape index (κ3) is 2.86. The van der Waals surface area contributed by atoms with Crippen LogP contribution in [0.5, 0.6) is 0 Å². The van der Waals surface area contributed by atoms with E-state index in [-0.39, 0.29) is 5.95 Å². The van der Waals surface area contributed by atoms with Gasteiger partial charge in [-0.3, -0.25) is 0 Å². The largest absolute Gasteiger partial charge is 0.433 e. The molecule has 0 spiro atoms. The Morgan fingerprint density at radius 3 is 2.31 bits per heavy atom. The molecular formula is C6H6F3N3O. The molecule has 0 aliphatic rings. The summed E-state index contributed by atoms with van der Waals surface area (Å²) in [5.41, 5.74) is 0. The van der Waals surface area contributed by atoms with Crippen LogP contribution in [0.15, 0.2) is 18.5 Å². The molecule has 1 rings (SSSR count). The van der Waals surface area contributed by atoms with Crippen LogP contribution in [0.1, 0.15) is 0 Å². The van der Waals surface area contributed by atoms with Gasteiger partial charge in [0.2, 0.25) is 12.2 Å². The number of hydrogen-bond acceptors (Lipinski definition) is 4. The first-order chi connectivity index (χ1) is 6.00. The first kappa shape index (κ1) is 9.72. The number of halogens is 3. The zero-order valence-corrected chi connectivity index (χ0v) is 6.28. The Morgan fingerprint density at radius 2 is 1.85 bits per heavy atom. The average molecular weight is 193 g/mol. The third-order valence-corrected chi connectivity index (χ3v) is 1.14. The van der Waals surface area contributed by atoms with Crippen LogP contribution < -0.4 is 5.32 Å². The Kier molecular flexibility index (Phi) is 2.66. The molecule has 0 radical (unpaired) electrons. The van der Waals surface area contributed by atoms with E-state index in [0.717, 1.165) is 0 Å². The lowest BCUT2D eigenvalue weighted by atomic mass is 10.5. The Bertz CT molecular complexity index is 264. The Balaban J connectivity index is 2.61. The molecule has 0 saturated carbocycles. The SMILES string of the molecule is OC(Nc1ncccn1)C(F)(F)F. The van der Waals surface area contributed by atoms with Crippen molar-refractivity contribution in [1.29, 1.82) is 0 Å².